The summed E-state index contributed by atoms with van der Waals surface area (Å²) in [7, 11) is 2.10. The maximum Gasteiger partial charge on any atom is 0.140 e. The Kier molecular flexibility index (Phi) is 2.95. The monoisotopic (exact) mass is 262 g/mol. The Morgan fingerprint density at radius 2 is 2.28 bits per heavy atom. The first kappa shape index (κ1) is 11.9. The van der Waals surface area contributed by atoms with E-state index >= 15 is 0 Å². The molecule has 5 heteroatoms. The lowest BCUT2D eigenvalue weighted by Gasteiger charge is -2.28. The maximum atomic E-state index is 5.92. The highest BCUT2D eigenvalue weighted by molar-refractivity contribution is 7.18. The van der Waals surface area contributed by atoms with Crippen molar-refractivity contribution in [1.29, 1.82) is 0 Å². The minimum absolute atomic E-state index is 0.406. The summed E-state index contributed by atoms with van der Waals surface area (Å²) in [6.45, 7) is 2.80. The molecule has 1 unspecified atom stereocenters. The van der Waals surface area contributed by atoms with Crippen molar-refractivity contribution in [2.75, 3.05) is 18.5 Å². The number of nitrogens with zero attached hydrogens (tertiary/aromatic N) is 3. The lowest BCUT2D eigenvalue weighted by Crippen LogP contribution is -2.40. The molecule has 2 heterocycles. The molecule has 0 aromatic carbocycles. The predicted octanol–water partition coefficient (Wildman–Crippen LogP) is 2.17. The molecule has 0 aliphatic heterocycles. The van der Waals surface area contributed by atoms with Gasteiger partial charge < -0.3 is 10.6 Å². The number of aromatic nitrogens is 2. The SMILES string of the molecule is Cc1cc2c(N(C)C(CN)C3CC3)ncnc2s1. The average molecular weight is 262 g/mol. The summed E-state index contributed by atoms with van der Waals surface area (Å²) in [5.74, 6) is 1.76. The van der Waals surface area contributed by atoms with E-state index in [2.05, 4.69) is 34.9 Å². The summed E-state index contributed by atoms with van der Waals surface area (Å²) in [5, 5.41) is 1.15. The number of likely N-dealkylation sites (N-methyl/N-ethyl adjacent to an activating group) is 1. The molecule has 4 nitrogen and oxygen atoms in total. The van der Waals surface area contributed by atoms with Crippen LogP contribution in [0.3, 0.4) is 0 Å². The van der Waals surface area contributed by atoms with E-state index in [0.29, 0.717) is 12.6 Å². The zero-order chi connectivity index (χ0) is 12.7. The molecule has 3 rings (SSSR count). The van der Waals surface area contributed by atoms with Crippen LogP contribution < -0.4 is 10.6 Å². The van der Waals surface area contributed by atoms with E-state index in [1.165, 1.54) is 17.7 Å². The van der Waals surface area contributed by atoms with Gasteiger partial charge in [0.05, 0.1) is 5.39 Å². The van der Waals surface area contributed by atoms with Crippen LogP contribution in [0.2, 0.25) is 0 Å². The molecule has 0 radical (unpaired) electrons. The molecule has 1 aliphatic carbocycles. The van der Waals surface area contributed by atoms with Crippen molar-refractivity contribution >= 4 is 27.4 Å². The average Bonchev–Trinajstić information content (AvgIpc) is 3.10. The van der Waals surface area contributed by atoms with E-state index in [9.17, 15) is 0 Å². The van der Waals surface area contributed by atoms with Gasteiger partial charge in [0, 0.05) is 24.5 Å². The van der Waals surface area contributed by atoms with Crippen LogP contribution in [0.4, 0.5) is 5.82 Å². The van der Waals surface area contributed by atoms with Gasteiger partial charge in [0.2, 0.25) is 0 Å². The summed E-state index contributed by atoms with van der Waals surface area (Å²) in [6, 6.07) is 2.58. The molecular formula is C13H18N4S. The Hall–Kier alpha value is -1.20. The molecular weight excluding hydrogens is 244 g/mol. The third-order valence-electron chi connectivity index (χ3n) is 3.67. The van der Waals surface area contributed by atoms with Crippen molar-refractivity contribution < 1.29 is 0 Å². The van der Waals surface area contributed by atoms with Gasteiger partial charge in [-0.2, -0.15) is 0 Å². The van der Waals surface area contributed by atoms with Crippen molar-refractivity contribution in [1.82, 2.24) is 9.97 Å². The summed E-state index contributed by atoms with van der Waals surface area (Å²) in [4.78, 5) is 13.4. The lowest BCUT2D eigenvalue weighted by atomic mass is 10.1. The molecule has 2 aromatic heterocycles. The molecule has 1 atom stereocenters. The fourth-order valence-corrected chi connectivity index (χ4v) is 3.39. The third kappa shape index (κ3) is 1.97. The minimum Gasteiger partial charge on any atom is -0.355 e. The molecule has 96 valence electrons. The van der Waals surface area contributed by atoms with Crippen molar-refractivity contribution in [3.8, 4) is 0 Å². The zero-order valence-corrected chi connectivity index (χ0v) is 11.6. The molecule has 0 spiro atoms. The highest BCUT2D eigenvalue weighted by Crippen LogP contribution is 2.37. The van der Waals surface area contributed by atoms with E-state index in [1.54, 1.807) is 17.7 Å². The first-order valence-corrected chi connectivity index (χ1v) is 7.16. The fourth-order valence-electron chi connectivity index (χ4n) is 2.55. The number of nitrogens with two attached hydrogens (primary N) is 1. The zero-order valence-electron chi connectivity index (χ0n) is 10.8. The fraction of sp³-hybridized carbons (Fsp3) is 0.538. The Labute approximate surface area is 111 Å². The van der Waals surface area contributed by atoms with Crippen LogP contribution in [0.25, 0.3) is 10.2 Å². The van der Waals surface area contributed by atoms with Crippen LogP contribution in [0.1, 0.15) is 17.7 Å². The smallest absolute Gasteiger partial charge is 0.140 e. The first-order valence-electron chi connectivity index (χ1n) is 6.34. The van der Waals surface area contributed by atoms with Crippen LogP contribution in [0, 0.1) is 12.8 Å². The maximum absolute atomic E-state index is 5.92. The van der Waals surface area contributed by atoms with E-state index < -0.39 is 0 Å². The Morgan fingerprint density at radius 3 is 2.94 bits per heavy atom. The normalized spacial score (nSPS) is 17.1. The van der Waals surface area contributed by atoms with Gasteiger partial charge >= 0.3 is 0 Å². The van der Waals surface area contributed by atoms with Gasteiger partial charge in [-0.15, -0.1) is 11.3 Å². The van der Waals surface area contributed by atoms with Crippen LogP contribution in [0.5, 0.6) is 0 Å². The van der Waals surface area contributed by atoms with E-state index in [-0.39, 0.29) is 0 Å². The highest BCUT2D eigenvalue weighted by atomic mass is 32.1. The van der Waals surface area contributed by atoms with Crippen molar-refractivity contribution in [3.05, 3.63) is 17.3 Å². The molecule has 1 saturated carbocycles. The third-order valence-corrected chi connectivity index (χ3v) is 4.63. The van der Waals surface area contributed by atoms with Crippen molar-refractivity contribution in [2.24, 2.45) is 11.7 Å². The summed E-state index contributed by atoms with van der Waals surface area (Å²) < 4.78 is 0. The summed E-state index contributed by atoms with van der Waals surface area (Å²) in [5.41, 5.74) is 5.92. The standard InChI is InChI=1S/C13H18N4S/c1-8-5-10-12(15-7-16-13(10)18-8)17(2)11(6-14)9-3-4-9/h5,7,9,11H,3-4,6,14H2,1-2H3. The number of aryl methyl sites for hydroxylation is 1. The van der Waals surface area contributed by atoms with Gasteiger partial charge in [0.25, 0.3) is 0 Å². The Bertz CT molecular complexity index is 561. The summed E-state index contributed by atoms with van der Waals surface area (Å²) >= 11 is 1.72. The second-order valence-corrected chi connectivity index (χ2v) is 6.26. The molecule has 18 heavy (non-hydrogen) atoms. The number of hydrogen-bond donors (Lipinski definition) is 1. The molecule has 1 fully saturated rings. The van der Waals surface area contributed by atoms with Crippen molar-refractivity contribution in [2.45, 2.75) is 25.8 Å². The lowest BCUT2D eigenvalue weighted by molar-refractivity contribution is 0.567. The van der Waals surface area contributed by atoms with Gasteiger partial charge in [0.1, 0.15) is 17.0 Å². The number of rotatable bonds is 4. The van der Waals surface area contributed by atoms with Gasteiger partial charge in [0.15, 0.2) is 0 Å². The number of anilines is 1. The predicted molar refractivity (Wildman–Crippen MR) is 76.1 cm³/mol. The second-order valence-electron chi connectivity index (χ2n) is 5.02. The van der Waals surface area contributed by atoms with E-state index in [1.807, 2.05) is 0 Å². The molecule has 0 saturated heterocycles. The molecule has 2 aromatic rings. The number of thiophene rings is 1. The van der Waals surface area contributed by atoms with Crippen molar-refractivity contribution in [3.63, 3.8) is 0 Å². The van der Waals surface area contributed by atoms with Crippen LogP contribution in [-0.2, 0) is 0 Å². The van der Waals surface area contributed by atoms with Crippen LogP contribution >= 0.6 is 11.3 Å². The van der Waals surface area contributed by atoms with Gasteiger partial charge in [-0.1, -0.05) is 0 Å². The second kappa shape index (κ2) is 4.48. The minimum atomic E-state index is 0.406. The van der Waals surface area contributed by atoms with Crippen LogP contribution in [-0.4, -0.2) is 29.6 Å². The Morgan fingerprint density at radius 1 is 1.50 bits per heavy atom. The van der Waals surface area contributed by atoms with Crippen LogP contribution in [0.15, 0.2) is 12.4 Å². The first-order chi connectivity index (χ1) is 8.70. The van der Waals surface area contributed by atoms with Gasteiger partial charge in [-0.05, 0) is 31.7 Å². The highest BCUT2D eigenvalue weighted by Gasteiger charge is 2.34. The largest absolute Gasteiger partial charge is 0.355 e. The molecule has 2 N–H and O–H groups in total. The molecule has 1 aliphatic rings. The molecule has 0 amide bonds. The van der Waals surface area contributed by atoms with E-state index in [4.69, 9.17) is 5.73 Å². The quantitative estimate of drug-likeness (QED) is 0.917. The topological polar surface area (TPSA) is 55.0 Å². The summed E-state index contributed by atoms with van der Waals surface area (Å²) in [6.07, 6.45) is 4.25. The number of hydrogen-bond acceptors (Lipinski definition) is 5. The van der Waals surface area contributed by atoms with Gasteiger partial charge in [-0.25, -0.2) is 9.97 Å². The molecule has 0 bridgehead atoms. The van der Waals surface area contributed by atoms with E-state index in [0.717, 1.165) is 22.0 Å². The number of fused-ring (bicyclic) bond motifs is 1. The Balaban J connectivity index is 2.01. The van der Waals surface area contributed by atoms with Gasteiger partial charge in [-0.3, -0.25) is 0 Å².